The first kappa shape index (κ1) is 10.8. The molecule has 82 valence electrons. The van der Waals surface area contributed by atoms with E-state index in [4.69, 9.17) is 22.1 Å². The highest BCUT2D eigenvalue weighted by Gasteiger charge is 2.03. The number of methoxy groups -OCH3 is 1. The largest absolute Gasteiger partial charge is 0.495 e. The van der Waals surface area contributed by atoms with Crippen LogP contribution in [0.3, 0.4) is 0 Å². The molecule has 16 heavy (non-hydrogen) atoms. The lowest BCUT2D eigenvalue weighted by Gasteiger charge is -2.07. The molecule has 0 radical (unpaired) electrons. The molecule has 0 aliphatic rings. The highest BCUT2D eigenvalue weighted by atomic mass is 35.5. The third kappa shape index (κ3) is 2.12. The number of halogens is 1. The van der Waals surface area contributed by atoms with E-state index in [1.807, 2.05) is 42.5 Å². The lowest BCUT2D eigenvalue weighted by atomic mass is 10.1. The van der Waals surface area contributed by atoms with Crippen LogP contribution in [0.25, 0.3) is 11.1 Å². The van der Waals surface area contributed by atoms with Gasteiger partial charge >= 0.3 is 0 Å². The summed E-state index contributed by atoms with van der Waals surface area (Å²) in [5, 5.41) is 0.715. The molecule has 3 heteroatoms. The monoisotopic (exact) mass is 233 g/mol. The Labute approximate surface area is 99.6 Å². The molecule has 2 aromatic carbocycles. The van der Waals surface area contributed by atoms with Crippen LogP contribution in [0.1, 0.15) is 0 Å². The van der Waals surface area contributed by atoms with E-state index in [9.17, 15) is 0 Å². The molecule has 2 nitrogen and oxygen atoms in total. The number of anilines is 1. The van der Waals surface area contributed by atoms with Crippen LogP contribution in [-0.2, 0) is 0 Å². The van der Waals surface area contributed by atoms with E-state index in [0.717, 1.165) is 11.1 Å². The van der Waals surface area contributed by atoms with E-state index in [-0.39, 0.29) is 0 Å². The molecule has 0 heterocycles. The van der Waals surface area contributed by atoms with Crippen molar-refractivity contribution in [3.63, 3.8) is 0 Å². The molecule has 0 fully saturated rings. The molecule has 2 aromatic rings. The van der Waals surface area contributed by atoms with E-state index in [1.165, 1.54) is 0 Å². The minimum Gasteiger partial charge on any atom is -0.495 e. The van der Waals surface area contributed by atoms with Gasteiger partial charge in [-0.25, -0.2) is 0 Å². The molecule has 2 N–H and O–H groups in total. The topological polar surface area (TPSA) is 35.2 Å². The fourth-order valence-corrected chi connectivity index (χ4v) is 1.77. The molecule has 0 aliphatic heterocycles. The Morgan fingerprint density at radius 2 is 1.81 bits per heavy atom. The van der Waals surface area contributed by atoms with Crippen molar-refractivity contribution in [1.29, 1.82) is 0 Å². The minimum atomic E-state index is 0.625. The van der Waals surface area contributed by atoms with E-state index >= 15 is 0 Å². The van der Waals surface area contributed by atoms with Crippen molar-refractivity contribution >= 4 is 17.3 Å². The van der Waals surface area contributed by atoms with Crippen molar-refractivity contribution in [2.45, 2.75) is 0 Å². The molecule has 0 spiro atoms. The Hall–Kier alpha value is -1.67. The summed E-state index contributed by atoms with van der Waals surface area (Å²) >= 11 is 5.94. The van der Waals surface area contributed by atoms with Gasteiger partial charge in [-0.3, -0.25) is 0 Å². The van der Waals surface area contributed by atoms with Gasteiger partial charge in [-0.1, -0.05) is 29.8 Å². The van der Waals surface area contributed by atoms with Gasteiger partial charge in [0, 0.05) is 5.02 Å². The lowest BCUT2D eigenvalue weighted by molar-refractivity contribution is 0.417. The second-order valence-corrected chi connectivity index (χ2v) is 3.90. The number of nitrogen functional groups attached to an aromatic ring is 1. The zero-order valence-corrected chi connectivity index (χ0v) is 9.66. The van der Waals surface area contributed by atoms with Crippen molar-refractivity contribution in [3.05, 3.63) is 47.5 Å². The number of ether oxygens (including phenoxy) is 1. The second-order valence-electron chi connectivity index (χ2n) is 3.47. The van der Waals surface area contributed by atoms with Gasteiger partial charge in [0.05, 0.1) is 12.8 Å². The van der Waals surface area contributed by atoms with Crippen molar-refractivity contribution in [2.24, 2.45) is 0 Å². The fraction of sp³-hybridized carbons (Fsp3) is 0.0769. The van der Waals surface area contributed by atoms with Gasteiger partial charge < -0.3 is 10.5 Å². The minimum absolute atomic E-state index is 0.625. The van der Waals surface area contributed by atoms with Crippen LogP contribution in [0.5, 0.6) is 5.75 Å². The quantitative estimate of drug-likeness (QED) is 0.805. The van der Waals surface area contributed by atoms with Crippen LogP contribution in [0, 0.1) is 0 Å². The zero-order chi connectivity index (χ0) is 11.5. The van der Waals surface area contributed by atoms with Gasteiger partial charge in [0.1, 0.15) is 5.75 Å². The summed E-state index contributed by atoms with van der Waals surface area (Å²) in [6.45, 7) is 0. The first-order valence-corrected chi connectivity index (χ1v) is 5.28. The zero-order valence-electron chi connectivity index (χ0n) is 8.91. The van der Waals surface area contributed by atoms with Crippen molar-refractivity contribution < 1.29 is 4.74 Å². The van der Waals surface area contributed by atoms with Crippen molar-refractivity contribution in [3.8, 4) is 16.9 Å². The van der Waals surface area contributed by atoms with Gasteiger partial charge in [0.15, 0.2) is 0 Å². The van der Waals surface area contributed by atoms with Crippen LogP contribution < -0.4 is 10.5 Å². The van der Waals surface area contributed by atoms with Crippen LogP contribution >= 0.6 is 11.6 Å². The number of benzene rings is 2. The Bertz CT molecular complexity index is 511. The first-order valence-electron chi connectivity index (χ1n) is 4.90. The molecule has 0 saturated heterocycles. The Morgan fingerprint density at radius 3 is 2.44 bits per heavy atom. The second kappa shape index (κ2) is 4.45. The normalized spacial score (nSPS) is 10.1. The Morgan fingerprint density at radius 1 is 1.06 bits per heavy atom. The van der Waals surface area contributed by atoms with Crippen LogP contribution in [0.2, 0.25) is 5.02 Å². The summed E-state index contributed by atoms with van der Waals surface area (Å²) in [6.07, 6.45) is 0. The lowest BCUT2D eigenvalue weighted by Crippen LogP contribution is -1.92. The highest BCUT2D eigenvalue weighted by molar-refractivity contribution is 6.30. The van der Waals surface area contributed by atoms with Crippen LogP contribution in [-0.4, -0.2) is 7.11 Å². The summed E-state index contributed by atoms with van der Waals surface area (Å²) in [6, 6.07) is 13.4. The van der Waals surface area contributed by atoms with Gasteiger partial charge in [-0.15, -0.1) is 0 Å². The van der Waals surface area contributed by atoms with Gasteiger partial charge in [-0.2, -0.15) is 0 Å². The first-order chi connectivity index (χ1) is 7.70. The molecule has 0 saturated carbocycles. The summed E-state index contributed by atoms with van der Waals surface area (Å²) in [5.74, 6) is 0.686. The standard InChI is InChI=1S/C13H12ClNO/c1-16-13-6-5-10(8-12(13)15)9-3-2-4-11(14)7-9/h2-8H,15H2,1H3. The third-order valence-electron chi connectivity index (χ3n) is 2.39. The van der Waals surface area contributed by atoms with Gasteiger partial charge in [0.2, 0.25) is 0 Å². The summed E-state index contributed by atoms with van der Waals surface area (Å²) in [5.41, 5.74) is 8.55. The SMILES string of the molecule is COc1ccc(-c2cccc(Cl)c2)cc1N. The van der Waals surface area contributed by atoms with Crippen molar-refractivity contribution in [2.75, 3.05) is 12.8 Å². The molecule has 0 amide bonds. The predicted molar refractivity (Wildman–Crippen MR) is 67.9 cm³/mol. The van der Waals surface area contributed by atoms with Crippen LogP contribution in [0.4, 0.5) is 5.69 Å². The molecule has 0 aromatic heterocycles. The Kier molecular flexibility index (Phi) is 3.02. The summed E-state index contributed by atoms with van der Waals surface area (Å²) in [7, 11) is 1.60. The summed E-state index contributed by atoms with van der Waals surface area (Å²) < 4.78 is 5.11. The third-order valence-corrected chi connectivity index (χ3v) is 2.62. The maximum atomic E-state index is 5.94. The molecular formula is C13H12ClNO. The molecular weight excluding hydrogens is 222 g/mol. The molecule has 0 unspecified atom stereocenters. The van der Waals surface area contributed by atoms with E-state index in [2.05, 4.69) is 0 Å². The average molecular weight is 234 g/mol. The van der Waals surface area contributed by atoms with E-state index in [1.54, 1.807) is 7.11 Å². The smallest absolute Gasteiger partial charge is 0.141 e. The van der Waals surface area contributed by atoms with Gasteiger partial charge in [0.25, 0.3) is 0 Å². The average Bonchev–Trinajstić information content (AvgIpc) is 2.29. The van der Waals surface area contributed by atoms with Crippen LogP contribution in [0.15, 0.2) is 42.5 Å². The van der Waals surface area contributed by atoms with E-state index < -0.39 is 0 Å². The maximum Gasteiger partial charge on any atom is 0.141 e. The summed E-state index contributed by atoms with van der Waals surface area (Å²) in [4.78, 5) is 0. The molecule has 2 rings (SSSR count). The molecule has 0 aliphatic carbocycles. The van der Waals surface area contributed by atoms with E-state index in [0.29, 0.717) is 16.5 Å². The number of hydrogen-bond donors (Lipinski definition) is 1. The Balaban J connectivity index is 2.45. The number of nitrogens with two attached hydrogens (primary N) is 1. The number of rotatable bonds is 2. The number of hydrogen-bond acceptors (Lipinski definition) is 2. The molecule has 0 bridgehead atoms. The molecule has 0 atom stereocenters. The predicted octanol–water partition coefficient (Wildman–Crippen LogP) is 3.60. The maximum absolute atomic E-state index is 5.94. The highest BCUT2D eigenvalue weighted by Crippen LogP contribution is 2.29. The van der Waals surface area contributed by atoms with Crippen molar-refractivity contribution in [1.82, 2.24) is 0 Å². The van der Waals surface area contributed by atoms with Gasteiger partial charge in [-0.05, 0) is 35.4 Å². The fourth-order valence-electron chi connectivity index (χ4n) is 1.58.